The minimum absolute atomic E-state index is 0.695. The molecule has 0 fully saturated rings. The Morgan fingerprint density at radius 2 is 1.17 bits per heavy atom. The van der Waals surface area contributed by atoms with Crippen molar-refractivity contribution in [2.45, 2.75) is 0 Å². The quantitative estimate of drug-likeness (QED) is 0.425. The van der Waals surface area contributed by atoms with E-state index in [2.05, 4.69) is 16.3 Å². The minimum atomic E-state index is 0.695. The van der Waals surface area contributed by atoms with Gasteiger partial charge in [-0.25, -0.2) is 0 Å². The molecule has 0 amide bonds. The standard InChI is InChI=1S/C20H12Cl2N2/c21-15-9-5-13(6-10-15)19-17-3-1-2-4-18(17)23-24-20(19)14-7-11-16(22)12-8-14/h1-12H. The molecule has 24 heavy (non-hydrogen) atoms. The van der Waals surface area contributed by atoms with Gasteiger partial charge in [0, 0.05) is 26.6 Å². The van der Waals surface area contributed by atoms with Gasteiger partial charge in [0.25, 0.3) is 0 Å². The van der Waals surface area contributed by atoms with Crippen molar-refractivity contribution in [2.24, 2.45) is 0 Å². The molecule has 4 heteroatoms. The van der Waals surface area contributed by atoms with E-state index >= 15 is 0 Å². The summed E-state index contributed by atoms with van der Waals surface area (Å²) in [6.45, 7) is 0. The Labute approximate surface area is 149 Å². The first kappa shape index (κ1) is 15.1. The second-order valence-corrected chi connectivity index (χ2v) is 6.33. The summed E-state index contributed by atoms with van der Waals surface area (Å²) in [6.07, 6.45) is 0. The van der Waals surface area contributed by atoms with Crippen LogP contribution in [0.3, 0.4) is 0 Å². The number of rotatable bonds is 2. The molecule has 0 N–H and O–H groups in total. The molecule has 0 unspecified atom stereocenters. The minimum Gasteiger partial charge on any atom is -0.150 e. The van der Waals surface area contributed by atoms with Crippen LogP contribution in [0.4, 0.5) is 0 Å². The van der Waals surface area contributed by atoms with E-state index in [0.717, 1.165) is 33.3 Å². The predicted octanol–water partition coefficient (Wildman–Crippen LogP) is 6.27. The number of fused-ring (bicyclic) bond motifs is 1. The highest BCUT2D eigenvalue weighted by molar-refractivity contribution is 6.31. The maximum Gasteiger partial charge on any atom is 0.101 e. The van der Waals surface area contributed by atoms with E-state index in [0.29, 0.717) is 10.0 Å². The average molecular weight is 351 g/mol. The van der Waals surface area contributed by atoms with Gasteiger partial charge in [-0.2, -0.15) is 0 Å². The Morgan fingerprint density at radius 1 is 0.583 bits per heavy atom. The molecule has 116 valence electrons. The van der Waals surface area contributed by atoms with Crippen LogP contribution in [0.5, 0.6) is 0 Å². The predicted molar refractivity (Wildman–Crippen MR) is 100 cm³/mol. The van der Waals surface area contributed by atoms with Crippen LogP contribution < -0.4 is 0 Å². The summed E-state index contributed by atoms with van der Waals surface area (Å²) in [4.78, 5) is 0. The van der Waals surface area contributed by atoms with Crippen LogP contribution >= 0.6 is 23.2 Å². The van der Waals surface area contributed by atoms with Gasteiger partial charge in [0.2, 0.25) is 0 Å². The summed E-state index contributed by atoms with van der Waals surface area (Å²) >= 11 is 12.1. The molecule has 2 nitrogen and oxygen atoms in total. The Balaban J connectivity index is 2.04. The Hall–Kier alpha value is -2.42. The zero-order valence-electron chi connectivity index (χ0n) is 12.6. The lowest BCUT2D eigenvalue weighted by Crippen LogP contribution is -1.95. The summed E-state index contributed by atoms with van der Waals surface area (Å²) in [7, 11) is 0. The molecule has 4 aromatic rings. The maximum atomic E-state index is 6.05. The molecular formula is C20H12Cl2N2. The zero-order valence-corrected chi connectivity index (χ0v) is 14.1. The highest BCUT2D eigenvalue weighted by atomic mass is 35.5. The van der Waals surface area contributed by atoms with Crippen molar-refractivity contribution in [1.82, 2.24) is 10.2 Å². The van der Waals surface area contributed by atoms with E-state index in [9.17, 15) is 0 Å². The molecular weight excluding hydrogens is 339 g/mol. The van der Waals surface area contributed by atoms with Gasteiger partial charge in [-0.3, -0.25) is 0 Å². The lowest BCUT2D eigenvalue weighted by atomic mass is 9.96. The fraction of sp³-hybridized carbons (Fsp3) is 0. The van der Waals surface area contributed by atoms with Gasteiger partial charge in [-0.05, 0) is 35.9 Å². The molecule has 1 aromatic heterocycles. The van der Waals surface area contributed by atoms with Crippen LogP contribution in [0, 0.1) is 0 Å². The lowest BCUT2D eigenvalue weighted by Gasteiger charge is -2.12. The van der Waals surface area contributed by atoms with Gasteiger partial charge in [-0.15, -0.1) is 10.2 Å². The third-order valence-electron chi connectivity index (χ3n) is 3.92. The van der Waals surface area contributed by atoms with Crippen molar-refractivity contribution < 1.29 is 0 Å². The Kier molecular flexibility index (Phi) is 3.93. The highest BCUT2D eigenvalue weighted by Crippen LogP contribution is 2.36. The van der Waals surface area contributed by atoms with E-state index < -0.39 is 0 Å². The number of nitrogens with zero attached hydrogens (tertiary/aromatic N) is 2. The van der Waals surface area contributed by atoms with Crippen LogP contribution in [0.25, 0.3) is 33.3 Å². The first-order valence-corrected chi connectivity index (χ1v) is 8.25. The van der Waals surface area contributed by atoms with Gasteiger partial charge in [0.15, 0.2) is 0 Å². The molecule has 3 aromatic carbocycles. The van der Waals surface area contributed by atoms with Crippen LogP contribution in [0.2, 0.25) is 10.0 Å². The molecule has 4 rings (SSSR count). The molecule has 0 spiro atoms. The van der Waals surface area contributed by atoms with Gasteiger partial charge in [-0.1, -0.05) is 65.7 Å². The fourth-order valence-electron chi connectivity index (χ4n) is 2.77. The van der Waals surface area contributed by atoms with E-state index in [1.54, 1.807) is 0 Å². The molecule has 0 aliphatic rings. The van der Waals surface area contributed by atoms with Crippen molar-refractivity contribution in [3.63, 3.8) is 0 Å². The lowest BCUT2D eigenvalue weighted by molar-refractivity contribution is 1.08. The van der Waals surface area contributed by atoms with Crippen LogP contribution in [0.15, 0.2) is 72.8 Å². The third-order valence-corrected chi connectivity index (χ3v) is 4.42. The highest BCUT2D eigenvalue weighted by Gasteiger charge is 2.14. The summed E-state index contributed by atoms with van der Waals surface area (Å²) < 4.78 is 0. The average Bonchev–Trinajstić information content (AvgIpc) is 2.62. The van der Waals surface area contributed by atoms with Crippen molar-refractivity contribution in [2.75, 3.05) is 0 Å². The molecule has 0 saturated carbocycles. The summed E-state index contributed by atoms with van der Waals surface area (Å²) in [6, 6.07) is 23.4. The first-order chi connectivity index (χ1) is 11.7. The van der Waals surface area contributed by atoms with Crippen molar-refractivity contribution >= 4 is 34.1 Å². The summed E-state index contributed by atoms with van der Waals surface area (Å²) in [5, 5.41) is 11.3. The Morgan fingerprint density at radius 3 is 1.83 bits per heavy atom. The SMILES string of the molecule is Clc1ccc(-c2nnc3ccccc3c2-c2ccc(Cl)cc2)cc1. The summed E-state index contributed by atoms with van der Waals surface area (Å²) in [5.41, 5.74) is 4.76. The van der Waals surface area contributed by atoms with Crippen LogP contribution in [0.1, 0.15) is 0 Å². The molecule has 0 radical (unpaired) electrons. The molecule has 0 aliphatic heterocycles. The number of hydrogen-bond donors (Lipinski definition) is 0. The number of aromatic nitrogens is 2. The van der Waals surface area contributed by atoms with Crippen LogP contribution in [-0.2, 0) is 0 Å². The van der Waals surface area contributed by atoms with E-state index in [-0.39, 0.29) is 0 Å². The topological polar surface area (TPSA) is 25.8 Å². The molecule has 0 aliphatic carbocycles. The van der Waals surface area contributed by atoms with Crippen molar-refractivity contribution in [3.8, 4) is 22.4 Å². The second kappa shape index (κ2) is 6.23. The monoisotopic (exact) mass is 350 g/mol. The zero-order chi connectivity index (χ0) is 16.5. The molecule has 0 atom stereocenters. The first-order valence-electron chi connectivity index (χ1n) is 7.50. The number of benzene rings is 3. The van der Waals surface area contributed by atoms with Gasteiger partial charge >= 0.3 is 0 Å². The van der Waals surface area contributed by atoms with E-state index in [1.807, 2.05) is 66.7 Å². The number of hydrogen-bond acceptors (Lipinski definition) is 2. The maximum absolute atomic E-state index is 6.05. The summed E-state index contributed by atoms with van der Waals surface area (Å²) in [5.74, 6) is 0. The molecule has 0 bridgehead atoms. The van der Waals surface area contributed by atoms with Crippen molar-refractivity contribution in [1.29, 1.82) is 0 Å². The molecule has 0 saturated heterocycles. The third kappa shape index (κ3) is 2.75. The Bertz CT molecular complexity index is 1010. The molecule has 1 heterocycles. The van der Waals surface area contributed by atoms with E-state index in [4.69, 9.17) is 23.2 Å². The number of halogens is 2. The van der Waals surface area contributed by atoms with Gasteiger partial charge in [0.1, 0.15) is 5.69 Å². The van der Waals surface area contributed by atoms with Gasteiger partial charge < -0.3 is 0 Å². The smallest absolute Gasteiger partial charge is 0.101 e. The van der Waals surface area contributed by atoms with Crippen LogP contribution in [-0.4, -0.2) is 10.2 Å². The fourth-order valence-corrected chi connectivity index (χ4v) is 3.02. The van der Waals surface area contributed by atoms with Gasteiger partial charge in [0.05, 0.1) is 5.52 Å². The van der Waals surface area contributed by atoms with E-state index in [1.165, 1.54) is 0 Å². The van der Waals surface area contributed by atoms with Crippen molar-refractivity contribution in [3.05, 3.63) is 82.8 Å². The second-order valence-electron chi connectivity index (χ2n) is 5.45. The normalized spacial score (nSPS) is 10.9. The largest absolute Gasteiger partial charge is 0.150 e.